The summed E-state index contributed by atoms with van der Waals surface area (Å²) in [6, 6.07) is 0. The van der Waals surface area contributed by atoms with Crippen LogP contribution in [0.3, 0.4) is 0 Å². The SMILES string of the molecule is CC(C)=CCN.CC(C)=CCN(Cc1cn([C@@H]2O[C@H](CO)C(O)[C@@H]2O)c(=S)[nH]c1=O)C(=O)C(F)(F)F.CC(C)=CCN(Cc1cn([C@@H]2O[C@H](CO)C3OC(C)(C)O[C@@H]32)c(=S)[nH]c1=O)C(=O)C(F)(F)F.CC(C)=CCNCc1cn([C@@H]2O[C@H](CO)C3OC(C)(C)O[C@@H]32)c(=S)[nH]c1=O.CC1(C)OC2[C@@H](CO)O[C@@H](n3cc(CCl)c(=O)[nH]c3=S)[C@H]2O1.O=C(OC(=O)C(F)(F)F)C(F)(F)F. The number of esters is 2. The Labute approximate surface area is 763 Å². The first-order chi connectivity index (χ1) is 60.5. The number of halogens is 13. The third-order valence-electron chi connectivity index (χ3n) is 19.2. The van der Waals surface area contributed by atoms with Crippen LogP contribution in [-0.2, 0) is 96.8 Å². The minimum atomic E-state index is -5.62. The van der Waals surface area contributed by atoms with Crippen molar-refractivity contribution in [2.24, 2.45) is 5.73 Å². The number of amides is 2. The molecular weight excluding hydrogens is 1880 g/mol. The summed E-state index contributed by atoms with van der Waals surface area (Å²) in [5.74, 6) is -13.0. The van der Waals surface area contributed by atoms with Crippen molar-refractivity contribution in [1.82, 2.24) is 53.3 Å². The van der Waals surface area contributed by atoms with E-state index in [1.54, 1.807) is 76.9 Å². The number of nitrogens with two attached hydrogens (primary N) is 1. The largest absolute Gasteiger partial charge is 0.491 e. The zero-order chi connectivity index (χ0) is 99.2. The zero-order valence-electron chi connectivity index (χ0n) is 72.6. The number of carbonyl (C=O) groups excluding carboxylic acids is 4. The van der Waals surface area contributed by atoms with Gasteiger partial charge in [-0.15, -0.1) is 11.6 Å². The highest BCUT2D eigenvalue weighted by molar-refractivity contribution is 7.71. The molecule has 7 aliphatic rings. The number of fused-ring (bicyclic) bond motifs is 3. The van der Waals surface area contributed by atoms with Gasteiger partial charge in [0.25, 0.3) is 22.2 Å². The van der Waals surface area contributed by atoms with Gasteiger partial charge in [0.1, 0.15) is 73.2 Å². The second-order valence-electron chi connectivity index (χ2n) is 32.1. The fourth-order valence-electron chi connectivity index (χ4n) is 13.2. The Balaban J connectivity index is 0.000000254. The fraction of sp³-hybridized carbons (Fsp3) is 0.636. The Morgan fingerprint density at radius 3 is 1.01 bits per heavy atom. The number of ether oxygens (including phenoxy) is 11. The summed E-state index contributed by atoms with van der Waals surface area (Å²) in [6.07, 6.45) is -21.3. The molecule has 0 aromatic carbocycles. The molecule has 131 heavy (non-hydrogen) atoms. The molecule has 0 spiro atoms. The van der Waals surface area contributed by atoms with Crippen LogP contribution in [0.4, 0.5) is 52.7 Å². The van der Waals surface area contributed by atoms with Crippen molar-refractivity contribution in [3.8, 4) is 0 Å². The summed E-state index contributed by atoms with van der Waals surface area (Å²) in [5, 5.41) is 61.2. The van der Waals surface area contributed by atoms with Gasteiger partial charge in [-0.3, -0.25) is 67.0 Å². The van der Waals surface area contributed by atoms with Gasteiger partial charge in [0, 0.05) is 68.6 Å². The number of nitrogens with zero attached hydrogens (tertiary/aromatic N) is 6. The minimum Gasteiger partial charge on any atom is -0.394 e. The highest BCUT2D eigenvalue weighted by atomic mass is 35.5. The van der Waals surface area contributed by atoms with Gasteiger partial charge >= 0.3 is 48.5 Å². The minimum absolute atomic E-state index is 0.0536. The van der Waals surface area contributed by atoms with Crippen LogP contribution in [0, 0.1) is 19.1 Å². The Kier molecular flexibility index (Phi) is 39.8. The van der Waals surface area contributed by atoms with Crippen LogP contribution in [0.25, 0.3) is 0 Å². The summed E-state index contributed by atoms with van der Waals surface area (Å²) in [4.78, 5) is 103. The van der Waals surface area contributed by atoms with Gasteiger partial charge in [-0.05, 0) is 146 Å². The van der Waals surface area contributed by atoms with Crippen molar-refractivity contribution >= 4 is 84.2 Å². The lowest BCUT2D eigenvalue weighted by Crippen LogP contribution is -2.42. The predicted octanol–water partition coefficient (Wildman–Crippen LogP) is 7.07. The van der Waals surface area contributed by atoms with E-state index in [4.69, 9.17) is 114 Å². The van der Waals surface area contributed by atoms with E-state index in [0.717, 1.165) is 10.8 Å². The first kappa shape index (κ1) is 112. The molecule has 0 aliphatic carbocycles. The smallest absolute Gasteiger partial charge is 0.394 e. The van der Waals surface area contributed by atoms with Crippen molar-refractivity contribution in [3.63, 3.8) is 0 Å². The van der Waals surface area contributed by atoms with Crippen LogP contribution in [0.5, 0.6) is 0 Å². The molecule has 54 heteroatoms. The highest BCUT2D eigenvalue weighted by Gasteiger charge is 2.59. The van der Waals surface area contributed by atoms with Crippen LogP contribution >= 0.6 is 60.5 Å². The molecule has 0 radical (unpaired) electrons. The molecule has 16 atom stereocenters. The first-order valence-corrected chi connectivity index (χ1v) is 41.6. The topological polar surface area (TPSA) is 487 Å². The number of rotatable bonds is 22. The number of aliphatic hydroxyl groups excluding tert-OH is 6. The number of aromatic amines is 4. The maximum Gasteiger partial charge on any atom is 0.491 e. The number of carbonyl (C=O) groups is 4. The number of aliphatic hydroxyl groups is 6. The molecule has 11 rings (SSSR count). The molecule has 11 heterocycles. The molecule has 736 valence electrons. The molecule has 37 nitrogen and oxygen atoms in total. The molecule has 0 bridgehead atoms. The average molecular weight is 1990 g/mol. The van der Waals surface area contributed by atoms with Gasteiger partial charge in [0.05, 0.1) is 56.5 Å². The standard InChI is InChI=1S/C20H26F3N3O6S.C18H27N3O5S.C17H22F3N3O6S.C13H17ClN2O5S.C5H11N.C4F6O3/c1-10(2)5-6-25(17(29)20(21,22)23)7-11-8-26(18(33)24-15(11)28)16-14-13(12(9-27)30-16)31-19(3,4)32-14;1-10(2)5-6-19-7-11-8-21(17(27)20-15(11)23)16-14-13(12(9-22)24-16)25-18(3,4)26-14;1-8(2)3-4-22(15(28)17(18,19)20)5-9-6-23(16(30)21-13(9)27)14-12(26)11(25)10(7-24)29-14;1-13(2)20-8-7(5-17)19-11(9(8)21-13)16-4-6(3-14)10(18)15-12(16)22;1-5(2)3-4-6;5-3(6,7)1(11)13-2(12)4(8,9)10/h5,8,12-14,16,27H,6-7,9H2,1-4H3,(H,24,28,33);5,8,12-14,16,19,22H,6-7,9H2,1-4H3,(H,20,23,27);3,6,10-12,14,24-26H,4-5,7H2,1-2H3,(H,21,27,30);4,7-9,11,17H,3,5H2,1-2H3,(H,15,18,22);3H,4,6H2,1-2H3;/t2*12-,13?,14+,16-;10-,11?,12+,14-;7-,8?,9+,11-;;/m1111../s1. The average Bonchev–Trinajstić information content (AvgIpc) is 1.61. The lowest BCUT2D eigenvalue weighted by atomic mass is 10.1. The van der Waals surface area contributed by atoms with Crippen molar-refractivity contribution in [1.29, 1.82) is 0 Å². The van der Waals surface area contributed by atoms with E-state index in [0.29, 0.717) is 51.7 Å². The Bertz CT molecular complexity index is 5260. The molecule has 4 aromatic heterocycles. The molecule has 0 saturated carbocycles. The van der Waals surface area contributed by atoms with Crippen molar-refractivity contribution in [2.75, 3.05) is 52.6 Å². The molecule has 7 saturated heterocycles. The third kappa shape index (κ3) is 30.6. The Morgan fingerprint density at radius 2 is 0.733 bits per heavy atom. The Hall–Kier alpha value is -7.83. The molecule has 13 N–H and O–H groups in total. The van der Waals surface area contributed by atoms with Crippen molar-refractivity contribution in [2.45, 2.75) is 263 Å². The number of allylic oxidation sites excluding steroid dienone is 4. The van der Waals surface area contributed by atoms with Crippen LogP contribution in [-0.4, -0.2) is 270 Å². The number of H-pyrrole nitrogens is 4. The van der Waals surface area contributed by atoms with Crippen molar-refractivity contribution < 1.29 is 155 Å². The van der Waals surface area contributed by atoms with Gasteiger partial charge in [0.15, 0.2) is 61.4 Å². The lowest BCUT2D eigenvalue weighted by molar-refractivity contribution is -0.221. The van der Waals surface area contributed by atoms with Crippen LogP contribution < -0.4 is 33.3 Å². The molecular formula is C77H103ClF12N12O25S4. The Morgan fingerprint density at radius 1 is 0.450 bits per heavy atom. The second kappa shape index (κ2) is 46.6. The van der Waals surface area contributed by atoms with Crippen LogP contribution in [0.15, 0.2) is 90.6 Å². The maximum atomic E-state index is 13.1. The van der Waals surface area contributed by atoms with E-state index in [1.165, 1.54) is 34.1 Å². The van der Waals surface area contributed by atoms with E-state index in [2.05, 4.69) is 30.0 Å². The summed E-state index contributed by atoms with van der Waals surface area (Å²) in [5.41, 5.74) is 7.45. The number of hydrogen-bond acceptors (Lipinski definition) is 31. The quantitative estimate of drug-likeness (QED) is 0.00712. The van der Waals surface area contributed by atoms with Crippen LogP contribution in [0.1, 0.15) is 144 Å². The zero-order valence-corrected chi connectivity index (χ0v) is 76.6. The second-order valence-corrected chi connectivity index (χ2v) is 33.9. The first-order valence-electron chi connectivity index (χ1n) is 39.5. The summed E-state index contributed by atoms with van der Waals surface area (Å²) >= 11 is 26.6. The van der Waals surface area contributed by atoms with Crippen molar-refractivity contribution in [3.05, 3.63) is 154 Å². The number of hydrogen-bond donors (Lipinski definition) is 12. The van der Waals surface area contributed by atoms with Gasteiger partial charge in [-0.25, -0.2) is 9.59 Å². The fourth-order valence-corrected chi connectivity index (χ4v) is 14.4. The van der Waals surface area contributed by atoms with Crippen LogP contribution in [0.2, 0.25) is 0 Å². The summed E-state index contributed by atoms with van der Waals surface area (Å²) in [7, 11) is 0. The van der Waals surface area contributed by atoms with Gasteiger partial charge < -0.3 is 104 Å². The molecule has 7 fully saturated rings. The monoisotopic (exact) mass is 1990 g/mol. The molecule has 7 aliphatic heterocycles. The number of aromatic nitrogens is 8. The summed E-state index contributed by atoms with van der Waals surface area (Å²) < 4.78 is 212. The number of nitrogens with one attached hydrogen (secondary N) is 5. The number of alkyl halides is 13. The van der Waals surface area contributed by atoms with E-state index >= 15 is 0 Å². The summed E-state index contributed by atoms with van der Waals surface area (Å²) in [6.45, 7) is 23.7. The van der Waals surface area contributed by atoms with Gasteiger partial charge in [0.2, 0.25) is 0 Å². The maximum absolute atomic E-state index is 13.1. The van der Waals surface area contributed by atoms with E-state index < -0.39 is 195 Å². The van der Waals surface area contributed by atoms with Gasteiger partial charge in [-0.2, -0.15) is 52.7 Å². The van der Waals surface area contributed by atoms with E-state index in [1.807, 2.05) is 53.7 Å². The molecule has 4 unspecified atom stereocenters. The molecule has 4 aromatic rings. The van der Waals surface area contributed by atoms with Gasteiger partial charge in [-0.1, -0.05) is 46.6 Å². The highest BCUT2D eigenvalue weighted by Crippen LogP contribution is 2.46. The van der Waals surface area contributed by atoms with E-state index in [9.17, 15) is 122 Å². The third-order valence-corrected chi connectivity index (χ3v) is 20.7. The predicted molar refractivity (Wildman–Crippen MR) is 445 cm³/mol. The van der Waals surface area contributed by atoms with E-state index in [-0.39, 0.29) is 80.1 Å². The normalized spacial score (nSPS) is 25.2. The lowest BCUT2D eigenvalue weighted by Gasteiger charge is -2.26. The molecule has 2 amide bonds.